The van der Waals surface area contributed by atoms with Crippen molar-refractivity contribution in [3.8, 4) is 11.3 Å². The molecule has 7 heteroatoms. The summed E-state index contributed by atoms with van der Waals surface area (Å²) in [6.07, 6.45) is 1.36. The lowest BCUT2D eigenvalue weighted by molar-refractivity contribution is -0.119. The van der Waals surface area contributed by atoms with Crippen molar-refractivity contribution < 1.29 is 19.1 Å². The lowest BCUT2D eigenvalue weighted by Gasteiger charge is -2.16. The van der Waals surface area contributed by atoms with Crippen LogP contribution in [0.15, 0.2) is 66.7 Å². The van der Waals surface area contributed by atoms with Gasteiger partial charge < -0.3 is 15.0 Å². The van der Waals surface area contributed by atoms with Crippen LogP contribution in [0.3, 0.4) is 0 Å². The number of anilines is 2. The third-order valence-electron chi connectivity index (χ3n) is 5.22. The molecule has 32 heavy (non-hydrogen) atoms. The molecule has 0 bridgehead atoms. The van der Waals surface area contributed by atoms with Gasteiger partial charge in [0.25, 0.3) is 5.91 Å². The molecule has 1 saturated heterocycles. The van der Waals surface area contributed by atoms with E-state index in [4.69, 9.17) is 4.74 Å². The van der Waals surface area contributed by atoms with E-state index in [1.54, 1.807) is 42.2 Å². The van der Waals surface area contributed by atoms with Crippen molar-refractivity contribution in [1.82, 2.24) is 4.98 Å². The topological polar surface area (TPSA) is 88.6 Å². The number of pyridine rings is 1. The highest BCUT2D eigenvalue weighted by Gasteiger charge is 2.22. The number of aromatic nitrogens is 1. The molecular formula is C25H23N3O4. The second-order valence-corrected chi connectivity index (χ2v) is 7.52. The Bertz CT molecular complexity index is 1160. The van der Waals surface area contributed by atoms with E-state index in [1.807, 2.05) is 36.4 Å². The van der Waals surface area contributed by atoms with Crippen LogP contribution < -0.4 is 10.2 Å². The maximum Gasteiger partial charge on any atom is 0.340 e. The van der Waals surface area contributed by atoms with E-state index in [9.17, 15) is 14.4 Å². The van der Waals surface area contributed by atoms with E-state index in [2.05, 4.69) is 10.3 Å². The Morgan fingerprint density at radius 2 is 1.88 bits per heavy atom. The number of esters is 1. The summed E-state index contributed by atoms with van der Waals surface area (Å²) in [5, 5.41) is 2.70. The normalized spacial score (nSPS) is 13.2. The van der Waals surface area contributed by atoms with Crippen LogP contribution in [0.5, 0.6) is 0 Å². The minimum Gasteiger partial charge on any atom is -0.452 e. The van der Waals surface area contributed by atoms with Gasteiger partial charge in [0.15, 0.2) is 6.61 Å². The van der Waals surface area contributed by atoms with Crippen molar-refractivity contribution in [2.75, 3.05) is 23.4 Å². The summed E-state index contributed by atoms with van der Waals surface area (Å²) in [5.41, 5.74) is 3.82. The molecule has 0 atom stereocenters. The molecule has 0 unspecified atom stereocenters. The number of hydrogen-bond acceptors (Lipinski definition) is 5. The second-order valence-electron chi connectivity index (χ2n) is 7.52. The van der Waals surface area contributed by atoms with Crippen molar-refractivity contribution in [2.45, 2.75) is 19.8 Å². The van der Waals surface area contributed by atoms with Crippen LogP contribution in [0.2, 0.25) is 0 Å². The van der Waals surface area contributed by atoms with Crippen LogP contribution in [0.1, 0.15) is 28.9 Å². The molecule has 0 saturated carbocycles. The molecule has 1 aliphatic heterocycles. The Hall–Kier alpha value is -4.00. The van der Waals surface area contributed by atoms with Gasteiger partial charge in [-0.1, -0.05) is 36.4 Å². The number of nitrogens with one attached hydrogen (secondary N) is 1. The van der Waals surface area contributed by atoms with Gasteiger partial charge in [-0.15, -0.1) is 0 Å². The van der Waals surface area contributed by atoms with E-state index in [0.717, 1.165) is 23.4 Å². The maximum absolute atomic E-state index is 12.4. The predicted molar refractivity (Wildman–Crippen MR) is 121 cm³/mol. The van der Waals surface area contributed by atoms with Crippen molar-refractivity contribution in [2.24, 2.45) is 0 Å². The number of rotatable bonds is 6. The lowest BCUT2D eigenvalue weighted by atomic mass is 10.1. The minimum absolute atomic E-state index is 0.0738. The highest BCUT2D eigenvalue weighted by Crippen LogP contribution is 2.24. The molecule has 1 aliphatic rings. The third kappa shape index (κ3) is 4.83. The fraction of sp³-hybridized carbons (Fsp3) is 0.200. The molecule has 162 valence electrons. The molecule has 0 aliphatic carbocycles. The van der Waals surface area contributed by atoms with Gasteiger partial charge in [-0.05, 0) is 43.7 Å². The minimum atomic E-state index is -0.610. The fourth-order valence-corrected chi connectivity index (χ4v) is 3.63. The van der Waals surface area contributed by atoms with Crippen LogP contribution >= 0.6 is 0 Å². The van der Waals surface area contributed by atoms with E-state index in [1.165, 1.54) is 0 Å². The Morgan fingerprint density at radius 3 is 2.59 bits per heavy atom. The van der Waals surface area contributed by atoms with Gasteiger partial charge in [0.1, 0.15) is 0 Å². The van der Waals surface area contributed by atoms with E-state index < -0.39 is 18.5 Å². The molecule has 1 N–H and O–H groups in total. The highest BCUT2D eigenvalue weighted by atomic mass is 16.5. The summed E-state index contributed by atoms with van der Waals surface area (Å²) >= 11 is 0. The third-order valence-corrected chi connectivity index (χ3v) is 5.22. The van der Waals surface area contributed by atoms with Crippen molar-refractivity contribution >= 4 is 29.2 Å². The van der Waals surface area contributed by atoms with Crippen LogP contribution in [0.25, 0.3) is 11.3 Å². The van der Waals surface area contributed by atoms with E-state index in [0.29, 0.717) is 29.9 Å². The van der Waals surface area contributed by atoms with E-state index in [-0.39, 0.29) is 5.91 Å². The number of carbonyl (C=O) groups is 3. The standard InChI is InChI=1S/C25H23N3O4/c1-17-21(12-13-22(26-17)18-7-3-2-4-8-18)25(31)32-16-23(29)27-19-9-5-10-20(15-19)28-14-6-11-24(28)30/h2-5,7-10,12-13,15H,6,11,14,16H2,1H3,(H,27,29). The fourth-order valence-electron chi connectivity index (χ4n) is 3.63. The Balaban J connectivity index is 1.35. The molecule has 2 heterocycles. The predicted octanol–water partition coefficient (Wildman–Crippen LogP) is 3.98. The average Bonchev–Trinajstić information content (AvgIpc) is 3.24. The molecule has 4 rings (SSSR count). The Labute approximate surface area is 186 Å². The van der Waals surface area contributed by atoms with Crippen molar-refractivity contribution in [3.63, 3.8) is 0 Å². The summed E-state index contributed by atoms with van der Waals surface area (Å²) in [6, 6.07) is 20.1. The SMILES string of the molecule is Cc1nc(-c2ccccc2)ccc1C(=O)OCC(=O)Nc1cccc(N2CCCC2=O)c1. The number of nitrogens with zero attached hydrogens (tertiary/aromatic N) is 2. The molecule has 3 aromatic rings. The molecule has 1 fully saturated rings. The van der Waals surface area contributed by atoms with Crippen LogP contribution in [-0.4, -0.2) is 35.9 Å². The second kappa shape index (κ2) is 9.43. The molecule has 2 aromatic carbocycles. The van der Waals surface area contributed by atoms with Crippen LogP contribution in [-0.2, 0) is 14.3 Å². The molecule has 2 amide bonds. The number of ether oxygens (including phenoxy) is 1. The van der Waals surface area contributed by atoms with Gasteiger partial charge in [-0.3, -0.25) is 14.6 Å². The number of benzene rings is 2. The molecular weight excluding hydrogens is 406 g/mol. The van der Waals surface area contributed by atoms with Crippen molar-refractivity contribution in [3.05, 3.63) is 78.0 Å². The molecule has 0 radical (unpaired) electrons. The van der Waals surface area contributed by atoms with Gasteiger partial charge in [-0.25, -0.2) is 4.79 Å². The van der Waals surface area contributed by atoms with Crippen molar-refractivity contribution in [1.29, 1.82) is 0 Å². The van der Waals surface area contributed by atoms with Gasteiger partial charge in [0.2, 0.25) is 5.91 Å². The van der Waals surface area contributed by atoms with E-state index >= 15 is 0 Å². The summed E-state index contributed by atoms with van der Waals surface area (Å²) in [5.74, 6) is -0.999. The Morgan fingerprint density at radius 1 is 1.06 bits per heavy atom. The number of aryl methyl sites for hydroxylation is 1. The summed E-state index contributed by atoms with van der Waals surface area (Å²) < 4.78 is 5.18. The number of hydrogen-bond donors (Lipinski definition) is 1. The van der Waals surface area contributed by atoms with Gasteiger partial charge >= 0.3 is 5.97 Å². The highest BCUT2D eigenvalue weighted by molar-refractivity contribution is 5.98. The quantitative estimate of drug-likeness (QED) is 0.599. The molecule has 7 nitrogen and oxygen atoms in total. The van der Waals surface area contributed by atoms with Crippen LogP contribution in [0.4, 0.5) is 11.4 Å². The zero-order valence-electron chi connectivity index (χ0n) is 17.7. The van der Waals surface area contributed by atoms with Gasteiger partial charge in [-0.2, -0.15) is 0 Å². The molecule has 0 spiro atoms. The largest absolute Gasteiger partial charge is 0.452 e. The Kier molecular flexibility index (Phi) is 6.26. The summed E-state index contributed by atoms with van der Waals surface area (Å²) in [7, 11) is 0. The first-order valence-electron chi connectivity index (χ1n) is 10.4. The zero-order valence-corrected chi connectivity index (χ0v) is 17.7. The zero-order chi connectivity index (χ0) is 22.5. The summed E-state index contributed by atoms with van der Waals surface area (Å²) in [6.45, 7) is 1.98. The van der Waals surface area contributed by atoms with Gasteiger partial charge in [0, 0.05) is 29.9 Å². The first kappa shape index (κ1) is 21.2. The monoisotopic (exact) mass is 429 g/mol. The first-order chi connectivity index (χ1) is 15.5. The number of carbonyl (C=O) groups excluding carboxylic acids is 3. The molecule has 1 aromatic heterocycles. The number of amides is 2. The van der Waals surface area contributed by atoms with Gasteiger partial charge in [0.05, 0.1) is 17.0 Å². The smallest absolute Gasteiger partial charge is 0.340 e. The maximum atomic E-state index is 12.4. The van der Waals surface area contributed by atoms with Crippen LogP contribution in [0, 0.1) is 6.92 Å². The first-order valence-corrected chi connectivity index (χ1v) is 10.4. The lowest BCUT2D eigenvalue weighted by Crippen LogP contribution is -2.24. The average molecular weight is 429 g/mol. The summed E-state index contributed by atoms with van der Waals surface area (Å²) in [4.78, 5) is 42.8.